The highest BCUT2D eigenvalue weighted by atomic mass is 19.1. The number of likely N-dealkylation sites (tertiary alicyclic amines) is 1. The van der Waals surface area contributed by atoms with Gasteiger partial charge in [-0.05, 0) is 32.9 Å². The van der Waals surface area contributed by atoms with Crippen LogP contribution in [0.2, 0.25) is 0 Å². The van der Waals surface area contributed by atoms with E-state index in [9.17, 15) is 9.18 Å². The maximum absolute atomic E-state index is 14.6. The number of nitrogens with zero attached hydrogens (tertiary/aromatic N) is 1. The van der Waals surface area contributed by atoms with Crippen molar-refractivity contribution in [1.82, 2.24) is 4.90 Å². The van der Waals surface area contributed by atoms with Gasteiger partial charge in [0.05, 0.1) is 12.8 Å². The number of piperidine rings is 1. The number of hydrogen-bond acceptors (Lipinski definition) is 5. The molecule has 3 rings (SSSR count). The van der Waals surface area contributed by atoms with Crippen LogP contribution in [0.3, 0.4) is 0 Å². The lowest BCUT2D eigenvalue weighted by Crippen LogP contribution is -2.50. The lowest BCUT2D eigenvalue weighted by Gasteiger charge is -2.35. The van der Waals surface area contributed by atoms with E-state index in [0.717, 1.165) is 5.39 Å². The first-order chi connectivity index (χ1) is 11.7. The van der Waals surface area contributed by atoms with Crippen LogP contribution in [0.5, 0.6) is 5.75 Å². The molecule has 1 aromatic heterocycles. The molecule has 0 radical (unpaired) electrons. The first-order valence-electron chi connectivity index (χ1n) is 8.28. The number of halogens is 1. The normalized spacial score (nSPS) is 21.4. The van der Waals surface area contributed by atoms with Crippen LogP contribution in [0.25, 0.3) is 11.0 Å². The molecule has 1 aliphatic rings. The summed E-state index contributed by atoms with van der Waals surface area (Å²) in [6.45, 7) is 5.64. The van der Waals surface area contributed by atoms with Crippen LogP contribution in [0, 0.1) is 0 Å². The monoisotopic (exact) mass is 350 g/mol. The van der Waals surface area contributed by atoms with Gasteiger partial charge in [0.2, 0.25) is 0 Å². The van der Waals surface area contributed by atoms with Gasteiger partial charge in [-0.15, -0.1) is 0 Å². The number of carbonyl (C=O) groups excluding carboxylic acids is 1. The largest absolute Gasteiger partial charge is 0.483 e. The molecule has 136 valence electrons. The smallest absolute Gasteiger partial charge is 0.410 e. The molecule has 2 N–H and O–H groups in total. The van der Waals surface area contributed by atoms with Crippen molar-refractivity contribution in [2.75, 3.05) is 18.8 Å². The highest BCUT2D eigenvalue weighted by molar-refractivity contribution is 5.86. The predicted octanol–water partition coefficient (Wildman–Crippen LogP) is 3.74. The number of fused-ring (bicyclic) bond motifs is 1. The summed E-state index contributed by atoms with van der Waals surface area (Å²) in [6, 6.07) is 5.17. The number of anilines is 1. The summed E-state index contributed by atoms with van der Waals surface area (Å²) < 4.78 is 31.1. The first kappa shape index (κ1) is 17.4. The fourth-order valence-electron chi connectivity index (χ4n) is 2.83. The third-order valence-corrected chi connectivity index (χ3v) is 3.95. The molecule has 1 fully saturated rings. The number of rotatable bonds is 2. The molecule has 7 heteroatoms. The number of nitrogen functional groups attached to an aromatic ring is 1. The second-order valence-corrected chi connectivity index (χ2v) is 7.25. The minimum Gasteiger partial charge on any atom is -0.483 e. The Morgan fingerprint density at radius 2 is 2.16 bits per heavy atom. The first-order valence-corrected chi connectivity index (χ1v) is 8.28. The quantitative estimate of drug-likeness (QED) is 0.835. The Hall–Kier alpha value is -2.44. The van der Waals surface area contributed by atoms with Gasteiger partial charge in [-0.25, -0.2) is 9.18 Å². The maximum atomic E-state index is 14.6. The molecular formula is C18H23FN2O4. The lowest BCUT2D eigenvalue weighted by atomic mass is 10.1. The zero-order chi connectivity index (χ0) is 18.2. The van der Waals surface area contributed by atoms with Crippen LogP contribution >= 0.6 is 0 Å². The number of benzene rings is 1. The molecule has 6 nitrogen and oxygen atoms in total. The molecule has 1 amide bonds. The van der Waals surface area contributed by atoms with Crippen molar-refractivity contribution in [2.45, 2.75) is 45.1 Å². The number of ether oxygens (including phenoxy) is 2. The van der Waals surface area contributed by atoms with E-state index in [-0.39, 0.29) is 6.54 Å². The molecule has 0 spiro atoms. The molecule has 1 aliphatic heterocycles. The summed E-state index contributed by atoms with van der Waals surface area (Å²) in [4.78, 5) is 13.4. The standard InChI is InChI=1S/C18H23FN2O4/c1-18(2,3)25-17(22)21-6-4-14(13(19)10-21)24-15-9-12(20)8-11-5-7-23-16(11)15/h5,7-9,13-14H,4,6,10,20H2,1-3H3/t13-,14+/m0/s1. The molecule has 0 aliphatic carbocycles. The number of amides is 1. The van der Waals surface area contributed by atoms with E-state index in [4.69, 9.17) is 19.6 Å². The van der Waals surface area contributed by atoms with Gasteiger partial charge in [0.15, 0.2) is 17.5 Å². The fourth-order valence-corrected chi connectivity index (χ4v) is 2.83. The molecule has 2 atom stereocenters. The van der Waals surface area contributed by atoms with Crippen molar-refractivity contribution >= 4 is 22.7 Å². The number of furan rings is 1. The summed E-state index contributed by atoms with van der Waals surface area (Å²) >= 11 is 0. The van der Waals surface area contributed by atoms with Gasteiger partial charge in [-0.3, -0.25) is 0 Å². The van der Waals surface area contributed by atoms with Crippen molar-refractivity contribution in [3.05, 3.63) is 24.5 Å². The van der Waals surface area contributed by atoms with Crippen LogP contribution < -0.4 is 10.5 Å². The SMILES string of the molecule is CC(C)(C)OC(=O)N1CC[C@@H](Oc2cc(N)cc3ccoc23)[C@@H](F)C1. The molecule has 0 bridgehead atoms. The number of alkyl halides is 1. The fraction of sp³-hybridized carbons (Fsp3) is 0.500. The van der Waals surface area contributed by atoms with Crippen LogP contribution in [0.1, 0.15) is 27.2 Å². The summed E-state index contributed by atoms with van der Waals surface area (Å²) in [7, 11) is 0. The van der Waals surface area contributed by atoms with Gasteiger partial charge in [0.25, 0.3) is 0 Å². The van der Waals surface area contributed by atoms with Crippen molar-refractivity contribution in [1.29, 1.82) is 0 Å². The van der Waals surface area contributed by atoms with Crippen LogP contribution in [0.4, 0.5) is 14.9 Å². The van der Waals surface area contributed by atoms with Gasteiger partial charge < -0.3 is 24.5 Å². The highest BCUT2D eigenvalue weighted by Crippen LogP contribution is 2.32. The molecule has 1 saturated heterocycles. The van der Waals surface area contributed by atoms with Gasteiger partial charge in [0, 0.05) is 30.1 Å². The van der Waals surface area contributed by atoms with E-state index in [2.05, 4.69) is 0 Å². The Bertz CT molecular complexity index is 768. The number of hydrogen-bond donors (Lipinski definition) is 1. The van der Waals surface area contributed by atoms with Gasteiger partial charge in [-0.1, -0.05) is 0 Å². The minimum absolute atomic E-state index is 0.0663. The second-order valence-electron chi connectivity index (χ2n) is 7.25. The Balaban J connectivity index is 1.67. The van der Waals surface area contributed by atoms with E-state index in [1.807, 2.05) is 0 Å². The third kappa shape index (κ3) is 3.97. The summed E-state index contributed by atoms with van der Waals surface area (Å²) in [5.74, 6) is 0.415. The topological polar surface area (TPSA) is 77.9 Å². The minimum atomic E-state index is -1.33. The zero-order valence-corrected chi connectivity index (χ0v) is 14.6. The molecule has 1 aromatic carbocycles. The summed E-state index contributed by atoms with van der Waals surface area (Å²) in [5.41, 5.74) is 6.31. The van der Waals surface area contributed by atoms with Gasteiger partial charge >= 0.3 is 6.09 Å². The van der Waals surface area contributed by atoms with Crippen molar-refractivity contribution < 1.29 is 23.1 Å². The van der Waals surface area contributed by atoms with Crippen molar-refractivity contribution in [3.63, 3.8) is 0 Å². The van der Waals surface area contributed by atoms with Crippen LogP contribution in [-0.4, -0.2) is 42.0 Å². The maximum Gasteiger partial charge on any atom is 0.410 e. The van der Waals surface area contributed by atoms with Crippen molar-refractivity contribution in [2.24, 2.45) is 0 Å². The molecule has 25 heavy (non-hydrogen) atoms. The Morgan fingerprint density at radius 3 is 2.84 bits per heavy atom. The average Bonchev–Trinajstić information content (AvgIpc) is 2.95. The highest BCUT2D eigenvalue weighted by Gasteiger charge is 2.35. The van der Waals surface area contributed by atoms with Gasteiger partial charge in [0.1, 0.15) is 11.7 Å². The molecule has 0 unspecified atom stereocenters. The summed E-state index contributed by atoms with van der Waals surface area (Å²) in [5, 5.41) is 0.802. The zero-order valence-electron chi connectivity index (χ0n) is 14.6. The Kier molecular flexibility index (Phi) is 4.49. The third-order valence-electron chi connectivity index (χ3n) is 3.95. The predicted molar refractivity (Wildman–Crippen MR) is 92.4 cm³/mol. The second kappa shape index (κ2) is 6.46. The Morgan fingerprint density at radius 1 is 1.40 bits per heavy atom. The average molecular weight is 350 g/mol. The van der Waals surface area contributed by atoms with E-state index in [1.54, 1.807) is 39.0 Å². The lowest BCUT2D eigenvalue weighted by molar-refractivity contribution is -0.0104. The van der Waals surface area contributed by atoms with E-state index in [1.165, 1.54) is 11.2 Å². The molecule has 2 aromatic rings. The molecule has 0 saturated carbocycles. The number of carbonyl (C=O) groups is 1. The molecule has 2 heterocycles. The van der Waals surface area contributed by atoms with Gasteiger partial charge in [-0.2, -0.15) is 0 Å². The van der Waals surface area contributed by atoms with E-state index < -0.39 is 24.0 Å². The van der Waals surface area contributed by atoms with Crippen molar-refractivity contribution in [3.8, 4) is 5.75 Å². The molecular weight excluding hydrogens is 327 g/mol. The number of nitrogens with two attached hydrogens (primary N) is 1. The van der Waals surface area contributed by atoms with Crippen LogP contribution in [-0.2, 0) is 4.74 Å². The Labute approximate surface area is 145 Å². The van der Waals surface area contributed by atoms with Crippen LogP contribution in [0.15, 0.2) is 28.9 Å². The summed E-state index contributed by atoms with van der Waals surface area (Å²) in [6.07, 6.45) is -0.612. The van der Waals surface area contributed by atoms with E-state index >= 15 is 0 Å². The van der Waals surface area contributed by atoms with E-state index in [0.29, 0.717) is 30.0 Å².